The van der Waals surface area contributed by atoms with Crippen molar-refractivity contribution in [3.8, 4) is 17.0 Å². The molecule has 0 radical (unpaired) electrons. The zero-order valence-corrected chi connectivity index (χ0v) is 12.6. The number of alkyl halides is 3. The van der Waals surface area contributed by atoms with Crippen LogP contribution in [-0.2, 0) is 4.74 Å². The van der Waals surface area contributed by atoms with Crippen LogP contribution in [0.3, 0.4) is 0 Å². The van der Waals surface area contributed by atoms with Crippen LogP contribution in [0.1, 0.15) is 17.3 Å². The molecule has 0 unspecified atom stereocenters. The number of esters is 1. The highest BCUT2D eigenvalue weighted by molar-refractivity contribution is 6.34. The molecule has 4 nitrogen and oxygen atoms in total. The van der Waals surface area contributed by atoms with Gasteiger partial charge in [-0.25, -0.2) is 4.79 Å². The van der Waals surface area contributed by atoms with Crippen LogP contribution >= 0.6 is 11.6 Å². The number of benzene rings is 1. The lowest BCUT2D eigenvalue weighted by molar-refractivity contribution is -0.274. The molecule has 0 saturated carbocycles. The van der Waals surface area contributed by atoms with Gasteiger partial charge in [0.05, 0.1) is 17.3 Å². The molecule has 0 saturated heterocycles. The minimum absolute atomic E-state index is 0.0137. The lowest BCUT2D eigenvalue weighted by atomic mass is 10.1. The van der Waals surface area contributed by atoms with E-state index in [1.54, 1.807) is 6.92 Å². The smallest absolute Gasteiger partial charge is 0.462 e. The van der Waals surface area contributed by atoms with Gasteiger partial charge in [0.25, 0.3) is 0 Å². The number of aromatic nitrogens is 1. The van der Waals surface area contributed by atoms with Gasteiger partial charge < -0.3 is 9.47 Å². The van der Waals surface area contributed by atoms with E-state index in [-0.39, 0.29) is 28.5 Å². The molecule has 0 fully saturated rings. The predicted octanol–water partition coefficient (Wildman–Crippen LogP) is 4.48. The molecule has 1 aromatic carbocycles. The van der Waals surface area contributed by atoms with Crippen molar-refractivity contribution in [2.24, 2.45) is 0 Å². The van der Waals surface area contributed by atoms with E-state index < -0.39 is 18.1 Å². The molecule has 0 amide bonds. The minimum Gasteiger partial charge on any atom is -0.462 e. The highest BCUT2D eigenvalue weighted by Crippen LogP contribution is 2.31. The number of carbonyl (C=O) groups excluding carboxylic acids is 1. The van der Waals surface area contributed by atoms with Crippen molar-refractivity contribution in [2.75, 3.05) is 6.61 Å². The van der Waals surface area contributed by atoms with Gasteiger partial charge in [-0.3, -0.25) is 4.98 Å². The van der Waals surface area contributed by atoms with Crippen LogP contribution in [0.2, 0.25) is 5.02 Å². The van der Waals surface area contributed by atoms with Gasteiger partial charge in [-0.2, -0.15) is 0 Å². The number of hydrogen-bond donors (Lipinski definition) is 0. The number of hydrogen-bond acceptors (Lipinski definition) is 4. The quantitative estimate of drug-likeness (QED) is 0.767. The highest BCUT2D eigenvalue weighted by Gasteiger charge is 2.31. The molecule has 0 bridgehead atoms. The highest BCUT2D eigenvalue weighted by atomic mass is 35.5. The second kappa shape index (κ2) is 6.87. The van der Waals surface area contributed by atoms with Crippen LogP contribution in [0.25, 0.3) is 11.3 Å². The summed E-state index contributed by atoms with van der Waals surface area (Å²) in [5.74, 6) is -1.13. The van der Waals surface area contributed by atoms with E-state index in [1.165, 1.54) is 24.4 Å². The minimum atomic E-state index is -4.82. The SMILES string of the molecule is CCOC(=O)c1c(Cl)ccnc1-c1cccc(OC(F)(F)F)c1. The Balaban J connectivity index is 2.48. The average Bonchev–Trinajstić information content (AvgIpc) is 2.45. The Morgan fingerprint density at radius 3 is 2.70 bits per heavy atom. The first-order valence-electron chi connectivity index (χ1n) is 6.49. The van der Waals surface area contributed by atoms with Gasteiger partial charge in [0.2, 0.25) is 0 Å². The summed E-state index contributed by atoms with van der Waals surface area (Å²) in [7, 11) is 0. The predicted molar refractivity (Wildman–Crippen MR) is 77.3 cm³/mol. The van der Waals surface area contributed by atoms with Gasteiger partial charge in [-0.1, -0.05) is 23.7 Å². The topological polar surface area (TPSA) is 48.4 Å². The Morgan fingerprint density at radius 2 is 2.04 bits per heavy atom. The zero-order chi connectivity index (χ0) is 17.0. The molecule has 122 valence electrons. The van der Waals surface area contributed by atoms with Crippen LogP contribution in [0.15, 0.2) is 36.5 Å². The van der Waals surface area contributed by atoms with Crippen LogP contribution < -0.4 is 4.74 Å². The molecule has 23 heavy (non-hydrogen) atoms. The van der Waals surface area contributed by atoms with Crippen molar-refractivity contribution in [1.29, 1.82) is 0 Å². The third-order valence-corrected chi connectivity index (χ3v) is 3.04. The first kappa shape index (κ1) is 17.1. The summed E-state index contributed by atoms with van der Waals surface area (Å²) in [5, 5.41) is 0.0931. The average molecular weight is 346 g/mol. The summed E-state index contributed by atoms with van der Waals surface area (Å²) < 4.78 is 45.7. The molecule has 2 rings (SSSR count). The Labute approximate surface area is 134 Å². The number of pyridine rings is 1. The summed E-state index contributed by atoms with van der Waals surface area (Å²) in [4.78, 5) is 16.0. The van der Waals surface area contributed by atoms with Crippen molar-refractivity contribution < 1.29 is 27.4 Å². The van der Waals surface area contributed by atoms with Crippen molar-refractivity contribution in [2.45, 2.75) is 13.3 Å². The Bertz CT molecular complexity index is 719. The van der Waals surface area contributed by atoms with E-state index in [4.69, 9.17) is 16.3 Å². The molecule has 1 heterocycles. The van der Waals surface area contributed by atoms with Gasteiger partial charge in [-0.15, -0.1) is 13.2 Å². The third-order valence-electron chi connectivity index (χ3n) is 2.72. The van der Waals surface area contributed by atoms with Gasteiger partial charge in [-0.05, 0) is 25.1 Å². The first-order valence-corrected chi connectivity index (χ1v) is 6.87. The summed E-state index contributed by atoms with van der Waals surface area (Å²) in [6, 6.07) is 6.51. The standard InChI is InChI=1S/C15H11ClF3NO3/c1-2-22-14(21)12-11(16)6-7-20-13(12)9-4-3-5-10(8-9)23-15(17,18)19/h3-8H,2H2,1H3. The fourth-order valence-electron chi connectivity index (χ4n) is 1.90. The Kier molecular flexibility index (Phi) is 5.10. The molecule has 0 aliphatic rings. The van der Waals surface area contributed by atoms with Crippen molar-refractivity contribution in [3.05, 3.63) is 47.1 Å². The monoisotopic (exact) mass is 345 g/mol. The second-order valence-corrected chi connectivity index (χ2v) is 4.72. The van der Waals surface area contributed by atoms with E-state index in [1.807, 2.05) is 0 Å². The molecule has 0 atom stereocenters. The second-order valence-electron chi connectivity index (χ2n) is 4.31. The maximum atomic E-state index is 12.3. The van der Waals surface area contributed by atoms with Crippen molar-refractivity contribution in [3.63, 3.8) is 0 Å². The van der Waals surface area contributed by atoms with E-state index in [0.29, 0.717) is 0 Å². The molecule has 0 N–H and O–H groups in total. The maximum Gasteiger partial charge on any atom is 0.573 e. The molecular weight excluding hydrogens is 335 g/mol. The molecular formula is C15H11ClF3NO3. The first-order chi connectivity index (χ1) is 10.8. The normalized spacial score (nSPS) is 11.2. The number of ether oxygens (including phenoxy) is 2. The summed E-state index contributed by atoms with van der Waals surface area (Å²) in [6.45, 7) is 1.75. The van der Waals surface area contributed by atoms with Crippen LogP contribution in [-0.4, -0.2) is 23.9 Å². The van der Waals surface area contributed by atoms with Crippen molar-refractivity contribution >= 4 is 17.6 Å². The molecule has 0 spiro atoms. The Hall–Kier alpha value is -2.28. The zero-order valence-electron chi connectivity index (χ0n) is 11.9. The summed E-state index contributed by atoms with van der Waals surface area (Å²) in [6.07, 6.45) is -3.47. The molecule has 1 aromatic heterocycles. The lowest BCUT2D eigenvalue weighted by Crippen LogP contribution is -2.17. The number of rotatable bonds is 4. The van der Waals surface area contributed by atoms with Gasteiger partial charge in [0.1, 0.15) is 11.3 Å². The Morgan fingerprint density at radius 1 is 1.30 bits per heavy atom. The van der Waals surface area contributed by atoms with E-state index in [0.717, 1.165) is 12.1 Å². The van der Waals surface area contributed by atoms with E-state index in [9.17, 15) is 18.0 Å². The maximum absolute atomic E-state index is 12.3. The third kappa shape index (κ3) is 4.35. The van der Waals surface area contributed by atoms with Gasteiger partial charge >= 0.3 is 12.3 Å². The van der Waals surface area contributed by atoms with Crippen LogP contribution in [0.4, 0.5) is 13.2 Å². The van der Waals surface area contributed by atoms with Gasteiger partial charge in [0, 0.05) is 11.8 Å². The molecule has 8 heteroatoms. The van der Waals surface area contributed by atoms with E-state index in [2.05, 4.69) is 9.72 Å². The number of nitrogens with zero attached hydrogens (tertiary/aromatic N) is 1. The van der Waals surface area contributed by atoms with Gasteiger partial charge in [0.15, 0.2) is 0 Å². The molecule has 0 aliphatic carbocycles. The largest absolute Gasteiger partial charge is 0.573 e. The fourth-order valence-corrected chi connectivity index (χ4v) is 2.12. The fraction of sp³-hybridized carbons (Fsp3) is 0.200. The summed E-state index contributed by atoms with van der Waals surface area (Å²) >= 11 is 6.00. The number of halogens is 4. The summed E-state index contributed by atoms with van der Waals surface area (Å²) in [5.41, 5.74) is 0.348. The van der Waals surface area contributed by atoms with Crippen molar-refractivity contribution in [1.82, 2.24) is 4.98 Å². The van der Waals surface area contributed by atoms with E-state index >= 15 is 0 Å². The molecule has 0 aliphatic heterocycles. The van der Waals surface area contributed by atoms with Crippen LogP contribution in [0, 0.1) is 0 Å². The number of carbonyl (C=O) groups is 1. The molecule has 2 aromatic rings. The lowest BCUT2D eigenvalue weighted by Gasteiger charge is -2.12. The van der Waals surface area contributed by atoms with Crippen LogP contribution in [0.5, 0.6) is 5.75 Å².